The summed E-state index contributed by atoms with van der Waals surface area (Å²) in [6.45, 7) is 0.553. The number of unbranched alkanes of at least 4 members (excludes halogenated alkanes) is 1. The minimum atomic E-state index is -1.27. The van der Waals surface area contributed by atoms with Gasteiger partial charge in [0.05, 0.1) is 6.61 Å². The normalized spacial score (nSPS) is 13.2. The van der Waals surface area contributed by atoms with Crippen molar-refractivity contribution in [2.75, 3.05) is 13.2 Å². The number of nitrogens with zero attached hydrogens (tertiary/aromatic N) is 2. The van der Waals surface area contributed by atoms with Gasteiger partial charge in [-0.15, -0.1) is 20.2 Å². The van der Waals surface area contributed by atoms with E-state index in [1.54, 1.807) is 12.1 Å². The lowest BCUT2D eigenvalue weighted by atomic mass is 10.1. The van der Waals surface area contributed by atoms with Gasteiger partial charge in [0, 0.05) is 6.92 Å². The van der Waals surface area contributed by atoms with Crippen LogP contribution >= 0.6 is 0 Å². The van der Waals surface area contributed by atoms with Gasteiger partial charge in [-0.3, -0.25) is 4.79 Å². The zero-order chi connectivity index (χ0) is 24.8. The van der Waals surface area contributed by atoms with E-state index in [2.05, 4.69) is 9.68 Å². The van der Waals surface area contributed by atoms with Gasteiger partial charge < -0.3 is 34.7 Å². The fourth-order valence-electron chi connectivity index (χ4n) is 2.48. The molecule has 184 valence electrons. The molecule has 0 amide bonds. The number of phenols is 1. The van der Waals surface area contributed by atoms with E-state index in [1.165, 1.54) is 19.1 Å². The van der Waals surface area contributed by atoms with E-state index in [-0.39, 0.29) is 38.0 Å². The van der Waals surface area contributed by atoms with Gasteiger partial charge >= 0.3 is 12.1 Å². The average Bonchev–Trinajstić information content (AvgIpc) is 2.72. The van der Waals surface area contributed by atoms with E-state index in [9.17, 15) is 34.9 Å². The summed E-state index contributed by atoms with van der Waals surface area (Å²) in [7, 11) is 0. The molecule has 0 aliphatic heterocycles. The second kappa shape index (κ2) is 14.2. The molecule has 3 unspecified atom stereocenters. The Hall–Kier alpha value is -3.88. The third-order valence-electron chi connectivity index (χ3n) is 3.98. The number of phenolic OH excluding ortho intramolecular Hbond substituents is 1. The van der Waals surface area contributed by atoms with Crippen LogP contribution in [0.1, 0.15) is 31.7 Å². The molecule has 0 aliphatic carbocycles. The van der Waals surface area contributed by atoms with E-state index >= 15 is 0 Å². The van der Waals surface area contributed by atoms with Crippen LogP contribution in [0.25, 0.3) is 0 Å². The van der Waals surface area contributed by atoms with Crippen LogP contribution in [0.5, 0.6) is 5.75 Å². The molecular formula is C18H25N3O12. The van der Waals surface area contributed by atoms with Crippen molar-refractivity contribution in [3.8, 4) is 5.75 Å². The standard InChI is InChI=1S/C18H25N3O12/c1-12(31-17(23)16(19)10-13-5-7-14(22)8-6-13)32-18(24)29-9-3-2-4-15(33-21(27)28)11-30-20(25)26/h5-8,12,15-16,22H,2-4,9-11,19H2,1H3. The monoisotopic (exact) mass is 475 g/mol. The molecule has 3 atom stereocenters. The largest absolute Gasteiger partial charge is 0.511 e. The van der Waals surface area contributed by atoms with Gasteiger partial charge in [0.15, 0.2) is 0 Å². The van der Waals surface area contributed by atoms with Gasteiger partial charge in [-0.2, -0.15) is 0 Å². The molecule has 0 aromatic heterocycles. The Labute approximate surface area is 187 Å². The summed E-state index contributed by atoms with van der Waals surface area (Å²) in [6, 6.07) is 5.07. The summed E-state index contributed by atoms with van der Waals surface area (Å²) in [5.41, 5.74) is 6.46. The van der Waals surface area contributed by atoms with Crippen molar-refractivity contribution >= 4 is 12.1 Å². The topological polar surface area (TPSA) is 213 Å². The highest BCUT2D eigenvalue weighted by Gasteiger charge is 2.21. The number of hydrogen-bond acceptors (Lipinski definition) is 13. The molecule has 0 aliphatic rings. The van der Waals surface area contributed by atoms with Crippen LogP contribution in [0.15, 0.2) is 24.3 Å². The highest BCUT2D eigenvalue weighted by atomic mass is 17.0. The molecule has 0 saturated heterocycles. The first kappa shape index (κ1) is 27.2. The molecular weight excluding hydrogens is 450 g/mol. The molecule has 15 heteroatoms. The van der Waals surface area contributed by atoms with Crippen molar-refractivity contribution in [2.24, 2.45) is 5.73 Å². The highest BCUT2D eigenvalue weighted by molar-refractivity contribution is 5.76. The third kappa shape index (κ3) is 12.5. The first-order chi connectivity index (χ1) is 15.6. The second-order valence-electron chi connectivity index (χ2n) is 6.66. The Morgan fingerprint density at radius 3 is 2.36 bits per heavy atom. The number of aromatic hydroxyl groups is 1. The second-order valence-corrected chi connectivity index (χ2v) is 6.66. The number of nitrogens with two attached hydrogens (primary N) is 1. The zero-order valence-corrected chi connectivity index (χ0v) is 17.7. The van der Waals surface area contributed by atoms with Crippen molar-refractivity contribution in [1.82, 2.24) is 0 Å². The fourth-order valence-corrected chi connectivity index (χ4v) is 2.48. The molecule has 0 bridgehead atoms. The van der Waals surface area contributed by atoms with Gasteiger partial charge in [-0.25, -0.2) is 4.79 Å². The number of carbonyl (C=O) groups excluding carboxylic acids is 2. The first-order valence-electron chi connectivity index (χ1n) is 9.72. The lowest BCUT2D eigenvalue weighted by Crippen LogP contribution is -2.37. The summed E-state index contributed by atoms with van der Waals surface area (Å²) >= 11 is 0. The van der Waals surface area contributed by atoms with E-state index in [1.807, 2.05) is 0 Å². The molecule has 0 heterocycles. The number of benzene rings is 1. The molecule has 0 fully saturated rings. The fraction of sp³-hybridized carbons (Fsp3) is 0.556. The summed E-state index contributed by atoms with van der Waals surface area (Å²) < 4.78 is 14.5. The SMILES string of the molecule is CC(OC(=O)OCCCCC(CO[N+](=O)[O-])O[N+](=O)[O-])OC(=O)C(N)Cc1ccc(O)cc1. The van der Waals surface area contributed by atoms with Gasteiger partial charge in [-0.05, 0) is 43.4 Å². The van der Waals surface area contributed by atoms with Gasteiger partial charge in [0.1, 0.15) is 24.5 Å². The predicted molar refractivity (Wildman–Crippen MR) is 106 cm³/mol. The summed E-state index contributed by atoms with van der Waals surface area (Å²) in [5.74, 6) is -0.735. The maximum atomic E-state index is 12.0. The summed E-state index contributed by atoms with van der Waals surface area (Å²) in [6.07, 6.45) is -2.84. The summed E-state index contributed by atoms with van der Waals surface area (Å²) in [5, 5.41) is 27.6. The first-order valence-corrected chi connectivity index (χ1v) is 9.72. The number of hydrogen-bond donors (Lipinski definition) is 2. The number of esters is 1. The van der Waals surface area contributed by atoms with Crippen molar-refractivity contribution in [1.29, 1.82) is 0 Å². The molecule has 1 rings (SSSR count). The Bertz CT molecular complexity index is 788. The van der Waals surface area contributed by atoms with E-state index < -0.39 is 47.3 Å². The number of rotatable bonds is 15. The van der Waals surface area contributed by atoms with Crippen LogP contribution in [0.3, 0.4) is 0 Å². The molecule has 3 N–H and O–H groups in total. The maximum absolute atomic E-state index is 12.0. The molecule has 33 heavy (non-hydrogen) atoms. The van der Waals surface area contributed by atoms with Crippen molar-refractivity contribution in [3.63, 3.8) is 0 Å². The van der Waals surface area contributed by atoms with Crippen molar-refractivity contribution < 1.29 is 48.8 Å². The molecule has 0 spiro atoms. The lowest BCUT2D eigenvalue weighted by molar-refractivity contribution is -0.790. The van der Waals surface area contributed by atoms with Crippen molar-refractivity contribution in [3.05, 3.63) is 50.1 Å². The molecule has 0 saturated carbocycles. The van der Waals surface area contributed by atoms with Gasteiger partial charge in [0.2, 0.25) is 6.29 Å². The Morgan fingerprint density at radius 1 is 1.09 bits per heavy atom. The molecule has 0 radical (unpaired) electrons. The van der Waals surface area contributed by atoms with Gasteiger partial charge in [0.25, 0.3) is 10.2 Å². The Kier molecular flexibility index (Phi) is 11.7. The van der Waals surface area contributed by atoms with E-state index in [0.717, 1.165) is 0 Å². The van der Waals surface area contributed by atoms with Gasteiger partial charge in [-0.1, -0.05) is 12.1 Å². The molecule has 1 aromatic carbocycles. The van der Waals surface area contributed by atoms with Crippen LogP contribution < -0.4 is 5.73 Å². The van der Waals surface area contributed by atoms with Crippen LogP contribution in [0, 0.1) is 20.2 Å². The van der Waals surface area contributed by atoms with E-state index in [0.29, 0.717) is 5.56 Å². The average molecular weight is 475 g/mol. The molecule has 1 aromatic rings. The minimum absolute atomic E-state index is 0.0418. The number of carbonyl (C=O) groups is 2. The summed E-state index contributed by atoms with van der Waals surface area (Å²) in [4.78, 5) is 52.5. The lowest BCUT2D eigenvalue weighted by Gasteiger charge is -2.17. The number of ether oxygens (including phenoxy) is 3. The van der Waals surface area contributed by atoms with Crippen LogP contribution in [0.2, 0.25) is 0 Å². The zero-order valence-electron chi connectivity index (χ0n) is 17.7. The van der Waals surface area contributed by atoms with E-state index in [4.69, 9.17) is 19.9 Å². The smallest absolute Gasteiger partial charge is 0.508 e. The molecule has 15 nitrogen and oxygen atoms in total. The predicted octanol–water partition coefficient (Wildman–Crippen LogP) is 1.26. The highest BCUT2D eigenvalue weighted by Crippen LogP contribution is 2.12. The quantitative estimate of drug-likeness (QED) is 0.120. The van der Waals surface area contributed by atoms with Crippen molar-refractivity contribution in [2.45, 2.75) is 51.0 Å². The van der Waals surface area contributed by atoms with Crippen LogP contribution in [-0.2, 0) is 35.1 Å². The van der Waals surface area contributed by atoms with Crippen LogP contribution in [-0.4, -0.2) is 59.1 Å². The minimum Gasteiger partial charge on any atom is -0.508 e. The third-order valence-corrected chi connectivity index (χ3v) is 3.98. The maximum Gasteiger partial charge on any atom is 0.511 e. The van der Waals surface area contributed by atoms with Crippen LogP contribution in [0.4, 0.5) is 4.79 Å². The Morgan fingerprint density at radius 2 is 1.76 bits per heavy atom. The Balaban J connectivity index is 2.25.